The van der Waals surface area contributed by atoms with Gasteiger partial charge in [0, 0.05) is 51.2 Å². The number of rotatable bonds is 10. The number of pyridine rings is 1. The zero-order chi connectivity index (χ0) is 17.1. The summed E-state index contributed by atoms with van der Waals surface area (Å²) in [5.41, 5.74) is 0.576. The molecule has 0 fully saturated rings. The monoisotopic (exact) mass is 387 g/mol. The van der Waals surface area contributed by atoms with E-state index in [-0.39, 0.29) is 17.5 Å². The number of methoxy groups -OCH3 is 2. The average Bonchev–Trinajstić information content (AvgIpc) is 2.55. The summed E-state index contributed by atoms with van der Waals surface area (Å²) in [5.74, 6) is -0.578. The highest BCUT2D eigenvalue weighted by Gasteiger charge is 2.15. The molecule has 0 aromatic carbocycles. The fourth-order valence-corrected chi connectivity index (χ4v) is 2.16. The van der Waals surface area contributed by atoms with Gasteiger partial charge < -0.3 is 20.1 Å². The quantitative estimate of drug-likeness (QED) is 0.591. The number of hydrogen-bond acceptors (Lipinski definition) is 5. The van der Waals surface area contributed by atoms with Crippen LogP contribution in [0, 0.1) is 0 Å². The summed E-state index contributed by atoms with van der Waals surface area (Å²) in [5, 5.41) is 5.51. The van der Waals surface area contributed by atoms with Gasteiger partial charge >= 0.3 is 0 Å². The predicted octanol–water partition coefficient (Wildman–Crippen LogP) is 1.38. The fraction of sp³-hybridized carbons (Fsp3) is 0.533. The van der Waals surface area contributed by atoms with Gasteiger partial charge in [0.05, 0.1) is 5.56 Å². The molecule has 8 heteroatoms. The van der Waals surface area contributed by atoms with Crippen LogP contribution in [0.1, 0.15) is 33.7 Å². The van der Waals surface area contributed by atoms with Crippen molar-refractivity contribution in [2.24, 2.45) is 0 Å². The fourth-order valence-electron chi connectivity index (χ4n) is 1.76. The summed E-state index contributed by atoms with van der Waals surface area (Å²) in [6.07, 6.45) is 2.89. The van der Waals surface area contributed by atoms with Crippen LogP contribution < -0.4 is 10.6 Å². The molecule has 0 aliphatic heterocycles. The third kappa shape index (κ3) is 7.06. The van der Waals surface area contributed by atoms with Gasteiger partial charge in [-0.2, -0.15) is 0 Å². The number of nitrogens with zero attached hydrogens (tertiary/aromatic N) is 1. The second-order valence-electron chi connectivity index (χ2n) is 4.75. The summed E-state index contributed by atoms with van der Waals surface area (Å²) in [7, 11) is 3.22. The van der Waals surface area contributed by atoms with Crippen molar-refractivity contribution in [3.05, 3.63) is 28.0 Å². The molecule has 0 saturated carbocycles. The smallest absolute Gasteiger partial charge is 0.269 e. The van der Waals surface area contributed by atoms with Crippen LogP contribution in [0.15, 0.2) is 16.7 Å². The minimum atomic E-state index is -0.318. The normalized spacial score (nSPS) is 10.4. The van der Waals surface area contributed by atoms with E-state index in [1.807, 2.05) is 0 Å². The van der Waals surface area contributed by atoms with E-state index in [0.29, 0.717) is 42.8 Å². The van der Waals surface area contributed by atoms with Gasteiger partial charge in [0.1, 0.15) is 5.69 Å². The van der Waals surface area contributed by atoms with E-state index in [1.165, 1.54) is 12.3 Å². The van der Waals surface area contributed by atoms with E-state index in [9.17, 15) is 9.59 Å². The molecule has 0 atom stereocenters. The molecule has 0 radical (unpaired) electrons. The molecule has 128 valence electrons. The number of aromatic nitrogens is 1. The van der Waals surface area contributed by atoms with Crippen molar-refractivity contribution < 1.29 is 19.1 Å². The van der Waals surface area contributed by atoms with Gasteiger partial charge in [0.2, 0.25) is 0 Å². The molecule has 0 saturated heterocycles. The van der Waals surface area contributed by atoms with E-state index in [2.05, 4.69) is 31.5 Å². The second-order valence-corrected chi connectivity index (χ2v) is 5.61. The zero-order valence-corrected chi connectivity index (χ0v) is 14.9. The highest BCUT2D eigenvalue weighted by atomic mass is 79.9. The molecule has 2 N–H and O–H groups in total. The Bertz CT molecular complexity index is 525. The minimum absolute atomic E-state index is 0.202. The molecule has 2 amide bonds. The molecule has 23 heavy (non-hydrogen) atoms. The number of nitrogens with one attached hydrogen (secondary N) is 2. The number of amides is 2. The van der Waals surface area contributed by atoms with Gasteiger partial charge in [-0.15, -0.1) is 0 Å². The standard InChI is InChI=1S/C15H22BrN3O4/c1-22-7-3-5-17-14(20)11-9-13(19-10-12(11)16)15(21)18-6-4-8-23-2/h9-10H,3-8H2,1-2H3,(H,17,20)(H,18,21). The maximum absolute atomic E-state index is 12.1. The van der Waals surface area contributed by atoms with Crippen molar-refractivity contribution in [1.82, 2.24) is 15.6 Å². The lowest BCUT2D eigenvalue weighted by atomic mass is 10.2. The average molecular weight is 388 g/mol. The molecule has 0 spiro atoms. The van der Waals surface area contributed by atoms with E-state index in [1.54, 1.807) is 14.2 Å². The van der Waals surface area contributed by atoms with Crippen LogP contribution in [-0.4, -0.2) is 57.3 Å². The first-order valence-electron chi connectivity index (χ1n) is 7.30. The van der Waals surface area contributed by atoms with Crippen LogP contribution in [0.4, 0.5) is 0 Å². The Labute approximate surface area is 144 Å². The molecule has 1 aromatic rings. The van der Waals surface area contributed by atoms with E-state index in [0.717, 1.165) is 6.42 Å². The molecule has 1 aromatic heterocycles. The number of carbonyl (C=O) groups excluding carboxylic acids is 2. The lowest BCUT2D eigenvalue weighted by Gasteiger charge is -2.09. The Kier molecular flexibility index (Phi) is 9.42. The molecule has 1 rings (SSSR count). The number of hydrogen-bond donors (Lipinski definition) is 2. The van der Waals surface area contributed by atoms with E-state index in [4.69, 9.17) is 9.47 Å². The molecule has 0 aliphatic rings. The Morgan fingerprint density at radius 3 is 2.22 bits per heavy atom. The van der Waals surface area contributed by atoms with Crippen molar-refractivity contribution in [3.63, 3.8) is 0 Å². The molecule has 0 bridgehead atoms. The van der Waals surface area contributed by atoms with Gasteiger partial charge in [-0.1, -0.05) is 0 Å². The van der Waals surface area contributed by atoms with Gasteiger partial charge in [-0.3, -0.25) is 9.59 Å². The lowest BCUT2D eigenvalue weighted by molar-refractivity contribution is 0.0943. The predicted molar refractivity (Wildman–Crippen MR) is 89.6 cm³/mol. The first kappa shape index (κ1) is 19.5. The zero-order valence-electron chi connectivity index (χ0n) is 13.4. The first-order chi connectivity index (χ1) is 11.1. The molecule has 0 unspecified atom stereocenters. The Morgan fingerprint density at radius 2 is 1.65 bits per heavy atom. The Balaban J connectivity index is 2.63. The maximum Gasteiger partial charge on any atom is 0.269 e. The highest BCUT2D eigenvalue weighted by molar-refractivity contribution is 9.10. The largest absolute Gasteiger partial charge is 0.385 e. The van der Waals surface area contributed by atoms with Gasteiger partial charge in [0.25, 0.3) is 11.8 Å². The van der Waals surface area contributed by atoms with Crippen LogP contribution in [0.25, 0.3) is 0 Å². The van der Waals surface area contributed by atoms with Crippen LogP contribution in [0.2, 0.25) is 0 Å². The summed E-state index contributed by atoms with van der Waals surface area (Å²) in [6.45, 7) is 2.14. The summed E-state index contributed by atoms with van der Waals surface area (Å²) >= 11 is 3.28. The van der Waals surface area contributed by atoms with Crippen molar-refractivity contribution in [3.8, 4) is 0 Å². The molecule has 1 heterocycles. The second kappa shape index (κ2) is 11.1. The van der Waals surface area contributed by atoms with Crippen molar-refractivity contribution >= 4 is 27.7 Å². The van der Waals surface area contributed by atoms with Crippen LogP contribution in [-0.2, 0) is 9.47 Å². The molecule has 0 aliphatic carbocycles. The SMILES string of the molecule is COCCCNC(=O)c1cc(C(=O)NCCCOC)c(Br)cn1. The highest BCUT2D eigenvalue weighted by Crippen LogP contribution is 2.16. The van der Waals surface area contributed by atoms with E-state index < -0.39 is 0 Å². The van der Waals surface area contributed by atoms with Crippen LogP contribution in [0.5, 0.6) is 0 Å². The summed E-state index contributed by atoms with van der Waals surface area (Å²) in [4.78, 5) is 28.2. The van der Waals surface area contributed by atoms with Crippen LogP contribution >= 0.6 is 15.9 Å². The molecular formula is C15H22BrN3O4. The minimum Gasteiger partial charge on any atom is -0.385 e. The first-order valence-corrected chi connectivity index (χ1v) is 8.09. The summed E-state index contributed by atoms with van der Waals surface area (Å²) in [6, 6.07) is 1.47. The third-order valence-corrected chi connectivity index (χ3v) is 3.59. The van der Waals surface area contributed by atoms with Crippen molar-refractivity contribution in [1.29, 1.82) is 0 Å². The number of carbonyl (C=O) groups is 2. The third-order valence-electron chi connectivity index (χ3n) is 2.95. The van der Waals surface area contributed by atoms with Crippen LogP contribution in [0.3, 0.4) is 0 Å². The number of halogens is 1. The van der Waals surface area contributed by atoms with Crippen molar-refractivity contribution in [2.45, 2.75) is 12.8 Å². The van der Waals surface area contributed by atoms with Crippen molar-refractivity contribution in [2.75, 3.05) is 40.5 Å². The topological polar surface area (TPSA) is 89.5 Å². The Morgan fingerprint density at radius 1 is 1.09 bits per heavy atom. The number of ether oxygens (including phenoxy) is 2. The van der Waals surface area contributed by atoms with E-state index >= 15 is 0 Å². The summed E-state index contributed by atoms with van der Waals surface area (Å²) < 4.78 is 10.4. The molecular weight excluding hydrogens is 366 g/mol. The maximum atomic E-state index is 12.1. The lowest BCUT2D eigenvalue weighted by Crippen LogP contribution is -2.28. The van der Waals surface area contributed by atoms with Gasteiger partial charge in [-0.05, 0) is 34.8 Å². The molecule has 7 nitrogen and oxygen atoms in total. The van der Waals surface area contributed by atoms with Gasteiger partial charge in [-0.25, -0.2) is 4.98 Å². The van der Waals surface area contributed by atoms with Gasteiger partial charge in [0.15, 0.2) is 0 Å². The Hall–Kier alpha value is -1.51.